The van der Waals surface area contributed by atoms with Crippen LogP contribution in [0.3, 0.4) is 0 Å². The first-order chi connectivity index (χ1) is 12.9. The Bertz CT molecular complexity index is 919. The second-order valence-electron chi connectivity index (χ2n) is 6.92. The minimum Gasteiger partial charge on any atom is -0.486 e. The molecule has 0 heterocycles. The van der Waals surface area contributed by atoms with Crippen molar-refractivity contribution in [1.82, 2.24) is 0 Å². The molecular formula is C24H24O3. The molecule has 27 heavy (non-hydrogen) atoms. The van der Waals surface area contributed by atoms with Gasteiger partial charge in [0.15, 0.2) is 0 Å². The standard InChI is InChI=1S/C24H24O3/c1-15(2)17(5)26-23-14-13-21-20(7-6-8-22(21)23)18-9-11-19(12-10-18)27-24(25)16(3)4/h6-12,23H,1,3,5,13-14H2,2,4H3. The summed E-state index contributed by atoms with van der Waals surface area (Å²) in [7, 11) is 0. The SMILES string of the molecule is C=C(C)C(=C)OC1CCc2c(-c3ccc(OC(=O)C(=C)C)cc3)cccc21. The number of hydrogen-bond acceptors (Lipinski definition) is 3. The molecule has 1 unspecified atom stereocenters. The molecule has 0 saturated carbocycles. The van der Waals surface area contributed by atoms with E-state index in [0.717, 1.165) is 24.0 Å². The van der Waals surface area contributed by atoms with Gasteiger partial charge in [0.2, 0.25) is 0 Å². The zero-order valence-electron chi connectivity index (χ0n) is 15.9. The largest absolute Gasteiger partial charge is 0.486 e. The molecule has 0 fully saturated rings. The predicted octanol–water partition coefficient (Wildman–Crippen LogP) is 5.93. The smallest absolute Gasteiger partial charge is 0.338 e. The molecule has 3 rings (SSSR count). The Balaban J connectivity index is 1.84. The summed E-state index contributed by atoms with van der Waals surface area (Å²) in [4.78, 5) is 11.6. The highest BCUT2D eigenvalue weighted by atomic mass is 16.5. The molecule has 1 atom stereocenters. The number of benzene rings is 2. The fourth-order valence-corrected chi connectivity index (χ4v) is 3.18. The molecule has 0 radical (unpaired) electrons. The van der Waals surface area contributed by atoms with Crippen LogP contribution in [0, 0.1) is 0 Å². The van der Waals surface area contributed by atoms with Crippen LogP contribution in [-0.2, 0) is 16.0 Å². The van der Waals surface area contributed by atoms with Crippen LogP contribution in [0.4, 0.5) is 0 Å². The first-order valence-electron chi connectivity index (χ1n) is 8.98. The first kappa shape index (κ1) is 18.7. The van der Waals surface area contributed by atoms with Gasteiger partial charge in [-0.3, -0.25) is 0 Å². The van der Waals surface area contributed by atoms with E-state index >= 15 is 0 Å². The van der Waals surface area contributed by atoms with E-state index in [-0.39, 0.29) is 6.10 Å². The number of esters is 1. The number of allylic oxidation sites excluding steroid dienone is 1. The first-order valence-corrected chi connectivity index (χ1v) is 8.98. The number of carbonyl (C=O) groups is 1. The summed E-state index contributed by atoms with van der Waals surface area (Å²) in [6.07, 6.45) is 1.89. The van der Waals surface area contributed by atoms with Crippen molar-refractivity contribution in [2.45, 2.75) is 32.8 Å². The molecule has 1 aliphatic carbocycles. The van der Waals surface area contributed by atoms with Crippen molar-refractivity contribution in [3.63, 3.8) is 0 Å². The van der Waals surface area contributed by atoms with E-state index in [0.29, 0.717) is 17.1 Å². The van der Waals surface area contributed by atoms with E-state index in [9.17, 15) is 4.79 Å². The van der Waals surface area contributed by atoms with Gasteiger partial charge in [0.1, 0.15) is 17.6 Å². The number of rotatable bonds is 6. The Morgan fingerprint density at radius 2 is 1.70 bits per heavy atom. The molecule has 0 spiro atoms. The van der Waals surface area contributed by atoms with E-state index < -0.39 is 5.97 Å². The maximum Gasteiger partial charge on any atom is 0.338 e. The van der Waals surface area contributed by atoms with Crippen molar-refractivity contribution in [1.29, 1.82) is 0 Å². The van der Waals surface area contributed by atoms with Gasteiger partial charge in [0.05, 0.1) is 0 Å². The highest BCUT2D eigenvalue weighted by Gasteiger charge is 2.26. The molecule has 0 bridgehead atoms. The zero-order valence-corrected chi connectivity index (χ0v) is 15.9. The average Bonchev–Trinajstić information content (AvgIpc) is 3.05. The monoisotopic (exact) mass is 360 g/mol. The maximum atomic E-state index is 11.6. The summed E-state index contributed by atoms with van der Waals surface area (Å²) < 4.78 is 11.3. The van der Waals surface area contributed by atoms with Gasteiger partial charge in [0, 0.05) is 5.57 Å². The molecule has 0 aromatic heterocycles. The molecule has 3 heteroatoms. The highest BCUT2D eigenvalue weighted by molar-refractivity contribution is 5.88. The number of hydrogen-bond donors (Lipinski definition) is 0. The van der Waals surface area contributed by atoms with E-state index in [1.54, 1.807) is 19.1 Å². The van der Waals surface area contributed by atoms with Gasteiger partial charge in [-0.1, -0.05) is 50.1 Å². The Labute approximate surface area is 160 Å². The Morgan fingerprint density at radius 3 is 2.33 bits per heavy atom. The highest BCUT2D eigenvalue weighted by Crippen LogP contribution is 2.41. The fourth-order valence-electron chi connectivity index (χ4n) is 3.18. The molecule has 138 valence electrons. The van der Waals surface area contributed by atoms with E-state index in [2.05, 4.69) is 31.9 Å². The van der Waals surface area contributed by atoms with Crippen LogP contribution < -0.4 is 4.74 Å². The fraction of sp³-hybridized carbons (Fsp3) is 0.208. The Morgan fingerprint density at radius 1 is 1.00 bits per heavy atom. The molecule has 2 aromatic rings. The lowest BCUT2D eigenvalue weighted by Gasteiger charge is -2.17. The molecule has 0 amide bonds. The van der Waals surface area contributed by atoms with Gasteiger partial charge in [-0.15, -0.1) is 0 Å². The summed E-state index contributed by atoms with van der Waals surface area (Å²) >= 11 is 0. The summed E-state index contributed by atoms with van der Waals surface area (Å²) in [6.45, 7) is 15.0. The van der Waals surface area contributed by atoms with Crippen LogP contribution >= 0.6 is 0 Å². The van der Waals surface area contributed by atoms with Crippen molar-refractivity contribution < 1.29 is 14.3 Å². The summed E-state index contributed by atoms with van der Waals surface area (Å²) in [6, 6.07) is 13.8. The van der Waals surface area contributed by atoms with Gasteiger partial charge >= 0.3 is 5.97 Å². The van der Waals surface area contributed by atoms with Crippen LogP contribution in [0.2, 0.25) is 0 Å². The number of fused-ring (bicyclic) bond motifs is 1. The third-order valence-corrected chi connectivity index (χ3v) is 4.70. The van der Waals surface area contributed by atoms with Gasteiger partial charge < -0.3 is 9.47 Å². The van der Waals surface area contributed by atoms with Crippen molar-refractivity contribution in [2.75, 3.05) is 0 Å². The second-order valence-corrected chi connectivity index (χ2v) is 6.92. The topological polar surface area (TPSA) is 35.5 Å². The molecule has 0 N–H and O–H groups in total. The Kier molecular flexibility index (Phi) is 5.31. The average molecular weight is 360 g/mol. The number of carbonyl (C=O) groups excluding carboxylic acids is 1. The predicted molar refractivity (Wildman–Crippen MR) is 108 cm³/mol. The lowest BCUT2D eigenvalue weighted by Crippen LogP contribution is -2.07. The minimum atomic E-state index is -0.416. The van der Waals surface area contributed by atoms with Crippen LogP contribution in [0.15, 0.2) is 79.1 Å². The third-order valence-electron chi connectivity index (χ3n) is 4.70. The van der Waals surface area contributed by atoms with Crippen molar-refractivity contribution in [3.8, 4) is 16.9 Å². The lowest BCUT2D eigenvalue weighted by molar-refractivity contribution is -0.130. The molecule has 2 aromatic carbocycles. The van der Waals surface area contributed by atoms with E-state index in [1.807, 2.05) is 25.1 Å². The zero-order chi connectivity index (χ0) is 19.6. The normalized spacial score (nSPS) is 15.0. The minimum absolute atomic E-state index is 0.0138. The van der Waals surface area contributed by atoms with Crippen molar-refractivity contribution in [3.05, 3.63) is 90.2 Å². The molecular weight excluding hydrogens is 336 g/mol. The van der Waals surface area contributed by atoms with E-state index in [4.69, 9.17) is 9.47 Å². The summed E-state index contributed by atoms with van der Waals surface area (Å²) in [5.41, 5.74) is 5.98. The van der Waals surface area contributed by atoms with Gasteiger partial charge in [-0.2, -0.15) is 0 Å². The summed E-state index contributed by atoms with van der Waals surface area (Å²) in [5.74, 6) is 0.737. The molecule has 1 aliphatic rings. The van der Waals surface area contributed by atoms with Gasteiger partial charge in [-0.05, 0) is 66.6 Å². The van der Waals surface area contributed by atoms with Gasteiger partial charge in [-0.25, -0.2) is 4.79 Å². The maximum absolute atomic E-state index is 11.6. The van der Waals surface area contributed by atoms with Crippen LogP contribution in [0.5, 0.6) is 5.75 Å². The van der Waals surface area contributed by atoms with Crippen LogP contribution in [-0.4, -0.2) is 5.97 Å². The van der Waals surface area contributed by atoms with Crippen molar-refractivity contribution in [2.24, 2.45) is 0 Å². The summed E-state index contributed by atoms with van der Waals surface area (Å²) in [5, 5.41) is 0. The molecule has 0 aliphatic heterocycles. The lowest BCUT2D eigenvalue weighted by atomic mass is 9.96. The quantitative estimate of drug-likeness (QED) is 0.211. The van der Waals surface area contributed by atoms with Crippen molar-refractivity contribution >= 4 is 5.97 Å². The van der Waals surface area contributed by atoms with Gasteiger partial charge in [0.25, 0.3) is 0 Å². The van der Waals surface area contributed by atoms with Crippen LogP contribution in [0.25, 0.3) is 11.1 Å². The molecule has 3 nitrogen and oxygen atoms in total. The number of ether oxygens (including phenoxy) is 2. The Hall–Kier alpha value is -3.07. The van der Waals surface area contributed by atoms with Crippen LogP contribution in [0.1, 0.15) is 37.5 Å². The van der Waals surface area contributed by atoms with E-state index in [1.165, 1.54) is 16.7 Å². The third kappa shape index (κ3) is 4.03. The second kappa shape index (κ2) is 7.67. The molecule has 0 saturated heterocycles.